The van der Waals surface area contributed by atoms with Crippen LogP contribution >= 0.6 is 11.6 Å². The summed E-state index contributed by atoms with van der Waals surface area (Å²) in [6.07, 6.45) is 0. The van der Waals surface area contributed by atoms with Gasteiger partial charge in [0.2, 0.25) is 10.0 Å². The summed E-state index contributed by atoms with van der Waals surface area (Å²) in [6.45, 7) is 3.44. The Morgan fingerprint density at radius 1 is 1.53 bits per heavy atom. The number of halogens is 1. The molecule has 2 N–H and O–H groups in total. The van der Waals surface area contributed by atoms with Crippen LogP contribution in [-0.2, 0) is 10.0 Å². The van der Waals surface area contributed by atoms with Crippen molar-refractivity contribution in [3.63, 3.8) is 0 Å². The summed E-state index contributed by atoms with van der Waals surface area (Å²) in [4.78, 5) is 0.113. The van der Waals surface area contributed by atoms with E-state index in [-0.39, 0.29) is 23.0 Å². The molecule has 0 aromatic heterocycles. The normalized spacial score (nSPS) is 13.3. The van der Waals surface area contributed by atoms with Crippen molar-refractivity contribution in [3.8, 4) is 6.07 Å². The molecule has 0 heterocycles. The number of aryl methyl sites for hydroxylation is 1. The van der Waals surface area contributed by atoms with Crippen LogP contribution in [0.25, 0.3) is 0 Å². The maximum atomic E-state index is 12.4. The maximum absolute atomic E-state index is 12.4. The first-order valence-electron chi connectivity index (χ1n) is 5.61. The van der Waals surface area contributed by atoms with Crippen molar-refractivity contribution in [2.24, 2.45) is 5.92 Å². The first kappa shape index (κ1) is 15.8. The highest BCUT2D eigenvalue weighted by molar-refractivity contribution is 7.89. The van der Waals surface area contributed by atoms with Gasteiger partial charge in [-0.05, 0) is 31.5 Å². The Labute approximate surface area is 118 Å². The monoisotopic (exact) mass is 301 g/mol. The second-order valence-electron chi connectivity index (χ2n) is 4.45. The third-order valence-corrected chi connectivity index (χ3v) is 5.03. The molecule has 5 nitrogen and oxygen atoms in total. The number of anilines is 1. The molecule has 0 saturated carbocycles. The number of nitriles is 1. The zero-order valence-corrected chi connectivity index (χ0v) is 12.6. The zero-order valence-electron chi connectivity index (χ0n) is 11.0. The zero-order chi connectivity index (χ0) is 14.8. The van der Waals surface area contributed by atoms with Crippen LogP contribution in [0, 0.1) is 24.2 Å². The highest BCUT2D eigenvalue weighted by Gasteiger charge is 2.25. The van der Waals surface area contributed by atoms with Gasteiger partial charge in [0, 0.05) is 13.6 Å². The van der Waals surface area contributed by atoms with E-state index in [4.69, 9.17) is 22.6 Å². The van der Waals surface area contributed by atoms with E-state index >= 15 is 0 Å². The summed E-state index contributed by atoms with van der Waals surface area (Å²) < 4.78 is 25.9. The standard InChI is InChI=1S/C12H16ClN3O2S/c1-8(6-14)7-16(3)19(17,18)12-5-11(15)10(13)4-9(12)2/h4-5,8H,7,15H2,1-3H3. The molecule has 0 aliphatic rings. The van der Waals surface area contributed by atoms with Crippen LogP contribution in [0.1, 0.15) is 12.5 Å². The van der Waals surface area contributed by atoms with Gasteiger partial charge >= 0.3 is 0 Å². The molecule has 0 aliphatic heterocycles. The van der Waals surface area contributed by atoms with Crippen LogP contribution in [-0.4, -0.2) is 26.3 Å². The Hall–Kier alpha value is -1.29. The number of hydrogen-bond donors (Lipinski definition) is 1. The first-order chi connectivity index (χ1) is 8.70. The Morgan fingerprint density at radius 3 is 2.63 bits per heavy atom. The van der Waals surface area contributed by atoms with Gasteiger partial charge in [0.1, 0.15) is 0 Å². The molecule has 1 aromatic rings. The average Bonchev–Trinajstić information content (AvgIpc) is 2.33. The molecule has 0 radical (unpaired) electrons. The van der Waals surface area contributed by atoms with E-state index in [9.17, 15) is 8.42 Å². The average molecular weight is 302 g/mol. The quantitative estimate of drug-likeness (QED) is 0.862. The van der Waals surface area contributed by atoms with Gasteiger partial charge in [-0.1, -0.05) is 11.6 Å². The van der Waals surface area contributed by atoms with E-state index in [1.54, 1.807) is 13.8 Å². The second-order valence-corrected chi connectivity index (χ2v) is 6.88. The van der Waals surface area contributed by atoms with Crippen molar-refractivity contribution in [3.05, 3.63) is 22.7 Å². The van der Waals surface area contributed by atoms with Crippen LogP contribution < -0.4 is 5.73 Å². The third-order valence-electron chi connectivity index (χ3n) is 2.73. The fourth-order valence-corrected chi connectivity index (χ4v) is 3.35. The lowest BCUT2D eigenvalue weighted by Crippen LogP contribution is -2.31. The lowest BCUT2D eigenvalue weighted by Gasteiger charge is -2.20. The molecule has 0 amide bonds. The Kier molecular flexibility index (Phi) is 4.80. The Morgan fingerprint density at radius 2 is 2.11 bits per heavy atom. The highest BCUT2D eigenvalue weighted by atomic mass is 35.5. The lowest BCUT2D eigenvalue weighted by atomic mass is 10.2. The van der Waals surface area contributed by atoms with Crippen molar-refractivity contribution in [2.75, 3.05) is 19.3 Å². The summed E-state index contributed by atoms with van der Waals surface area (Å²) in [7, 11) is -2.23. The minimum Gasteiger partial charge on any atom is -0.397 e. The molecule has 0 bridgehead atoms. The molecule has 7 heteroatoms. The topological polar surface area (TPSA) is 87.2 Å². The molecule has 1 aromatic carbocycles. The van der Waals surface area contributed by atoms with Crippen LogP contribution in [0.3, 0.4) is 0 Å². The van der Waals surface area contributed by atoms with Crippen molar-refractivity contribution in [1.29, 1.82) is 5.26 Å². The number of sulfonamides is 1. The predicted octanol–water partition coefficient (Wildman–Crippen LogP) is 2.01. The fraction of sp³-hybridized carbons (Fsp3) is 0.417. The number of nitrogen functional groups attached to an aromatic ring is 1. The van der Waals surface area contributed by atoms with Crippen LogP contribution in [0.5, 0.6) is 0 Å². The SMILES string of the molecule is Cc1cc(Cl)c(N)cc1S(=O)(=O)N(C)CC(C)C#N. The molecule has 0 spiro atoms. The summed E-state index contributed by atoms with van der Waals surface area (Å²) >= 11 is 5.85. The molecular formula is C12H16ClN3O2S. The largest absolute Gasteiger partial charge is 0.397 e. The van der Waals surface area contributed by atoms with Gasteiger partial charge in [0.15, 0.2) is 0 Å². The van der Waals surface area contributed by atoms with E-state index in [0.29, 0.717) is 10.6 Å². The van der Waals surface area contributed by atoms with Crippen molar-refractivity contribution < 1.29 is 8.42 Å². The van der Waals surface area contributed by atoms with E-state index in [1.807, 2.05) is 6.07 Å². The molecular weight excluding hydrogens is 286 g/mol. The summed E-state index contributed by atoms with van der Waals surface area (Å²) in [5, 5.41) is 9.07. The Bertz CT molecular complexity index is 623. The summed E-state index contributed by atoms with van der Waals surface area (Å²) in [5.74, 6) is -0.385. The van der Waals surface area contributed by atoms with E-state index in [0.717, 1.165) is 4.31 Å². The maximum Gasteiger partial charge on any atom is 0.243 e. The van der Waals surface area contributed by atoms with Gasteiger partial charge in [-0.3, -0.25) is 0 Å². The van der Waals surface area contributed by atoms with Gasteiger partial charge in [-0.15, -0.1) is 0 Å². The molecule has 1 unspecified atom stereocenters. The molecule has 1 atom stereocenters. The molecule has 104 valence electrons. The van der Waals surface area contributed by atoms with E-state index in [1.165, 1.54) is 19.2 Å². The van der Waals surface area contributed by atoms with E-state index in [2.05, 4.69) is 0 Å². The molecule has 1 rings (SSSR count). The van der Waals surface area contributed by atoms with Gasteiger partial charge < -0.3 is 5.73 Å². The van der Waals surface area contributed by atoms with Gasteiger partial charge in [0.05, 0.1) is 27.6 Å². The summed E-state index contributed by atoms with van der Waals surface area (Å²) in [6, 6.07) is 4.87. The third kappa shape index (κ3) is 3.38. The van der Waals surface area contributed by atoms with Crippen molar-refractivity contribution >= 4 is 27.3 Å². The first-order valence-corrected chi connectivity index (χ1v) is 7.43. The van der Waals surface area contributed by atoms with Gasteiger partial charge in [-0.2, -0.15) is 9.57 Å². The molecule has 0 aliphatic carbocycles. The van der Waals surface area contributed by atoms with Gasteiger partial charge in [0.25, 0.3) is 0 Å². The number of hydrogen-bond acceptors (Lipinski definition) is 4. The number of nitrogens with zero attached hydrogens (tertiary/aromatic N) is 2. The predicted molar refractivity (Wildman–Crippen MR) is 75.2 cm³/mol. The van der Waals surface area contributed by atoms with Crippen LogP contribution in [0.15, 0.2) is 17.0 Å². The molecule has 19 heavy (non-hydrogen) atoms. The number of benzene rings is 1. The van der Waals surface area contributed by atoms with Crippen molar-refractivity contribution in [2.45, 2.75) is 18.7 Å². The minimum absolute atomic E-state index is 0.113. The molecule has 0 saturated heterocycles. The second kappa shape index (κ2) is 5.78. The summed E-state index contributed by atoms with van der Waals surface area (Å²) in [5.41, 5.74) is 6.39. The van der Waals surface area contributed by atoms with Crippen LogP contribution in [0.2, 0.25) is 5.02 Å². The van der Waals surface area contributed by atoms with Crippen LogP contribution in [0.4, 0.5) is 5.69 Å². The fourth-order valence-electron chi connectivity index (χ4n) is 1.64. The number of rotatable bonds is 4. The van der Waals surface area contributed by atoms with E-state index < -0.39 is 10.0 Å². The minimum atomic E-state index is -3.67. The van der Waals surface area contributed by atoms with Gasteiger partial charge in [-0.25, -0.2) is 8.42 Å². The lowest BCUT2D eigenvalue weighted by molar-refractivity contribution is 0.439. The smallest absolute Gasteiger partial charge is 0.243 e. The highest BCUT2D eigenvalue weighted by Crippen LogP contribution is 2.28. The number of nitrogens with two attached hydrogens (primary N) is 1. The molecule has 0 fully saturated rings. The van der Waals surface area contributed by atoms with Crippen molar-refractivity contribution in [1.82, 2.24) is 4.31 Å². The Balaban J connectivity index is 3.21.